The van der Waals surface area contributed by atoms with Crippen molar-refractivity contribution >= 4 is 23.5 Å². The Labute approximate surface area is 175 Å². The first-order chi connectivity index (χ1) is 13.9. The molecule has 3 amide bonds. The van der Waals surface area contributed by atoms with Crippen LogP contribution in [-0.4, -0.2) is 57.1 Å². The SMILES string of the molecule is Cc1cc(NC(=O)[C@H]2[C@H]3C(=O)N(C(C)C)[C@H](C(=O)NC(C)(C)C)[C@@]34C=C[C@H]2O4)no1. The van der Waals surface area contributed by atoms with Crippen LogP contribution in [0, 0.1) is 18.8 Å². The van der Waals surface area contributed by atoms with E-state index >= 15 is 0 Å². The number of aromatic nitrogens is 1. The maximum absolute atomic E-state index is 13.5. The average molecular weight is 416 g/mol. The lowest BCUT2D eigenvalue weighted by Gasteiger charge is -2.36. The molecule has 162 valence electrons. The second-order valence-electron chi connectivity index (χ2n) is 9.59. The number of likely N-dealkylation sites (tertiary alicyclic amines) is 1. The van der Waals surface area contributed by atoms with E-state index in [0.717, 1.165) is 0 Å². The van der Waals surface area contributed by atoms with E-state index in [2.05, 4.69) is 15.8 Å². The Bertz CT molecular complexity index is 930. The third-order valence-corrected chi connectivity index (χ3v) is 5.80. The molecule has 9 heteroatoms. The summed E-state index contributed by atoms with van der Waals surface area (Å²) in [7, 11) is 0. The van der Waals surface area contributed by atoms with Crippen LogP contribution in [0.5, 0.6) is 0 Å². The second kappa shape index (κ2) is 6.66. The highest BCUT2D eigenvalue weighted by molar-refractivity contribution is 6.02. The van der Waals surface area contributed by atoms with E-state index in [0.29, 0.717) is 5.76 Å². The lowest BCUT2D eigenvalue weighted by atomic mass is 9.74. The highest BCUT2D eigenvalue weighted by Gasteiger charge is 2.73. The molecule has 1 spiro atoms. The highest BCUT2D eigenvalue weighted by Crippen LogP contribution is 2.55. The minimum absolute atomic E-state index is 0.230. The minimum Gasteiger partial charge on any atom is -0.360 e. The average Bonchev–Trinajstić information content (AvgIpc) is 3.33. The van der Waals surface area contributed by atoms with Crippen LogP contribution in [0.25, 0.3) is 0 Å². The van der Waals surface area contributed by atoms with E-state index in [1.165, 1.54) is 0 Å². The quantitative estimate of drug-likeness (QED) is 0.717. The summed E-state index contributed by atoms with van der Waals surface area (Å²) in [5.74, 6) is -1.60. The Morgan fingerprint density at radius 3 is 2.53 bits per heavy atom. The van der Waals surface area contributed by atoms with Crippen LogP contribution in [0.4, 0.5) is 5.82 Å². The van der Waals surface area contributed by atoms with Crippen molar-refractivity contribution in [3.63, 3.8) is 0 Å². The summed E-state index contributed by atoms with van der Waals surface area (Å²) in [5.41, 5.74) is -1.64. The van der Waals surface area contributed by atoms with Gasteiger partial charge in [-0.3, -0.25) is 14.4 Å². The molecule has 2 N–H and O–H groups in total. The third-order valence-electron chi connectivity index (χ3n) is 5.80. The topological polar surface area (TPSA) is 114 Å². The Balaban J connectivity index is 1.69. The summed E-state index contributed by atoms with van der Waals surface area (Å²) < 4.78 is 11.2. The summed E-state index contributed by atoms with van der Waals surface area (Å²) in [6, 6.07) is 0.530. The van der Waals surface area contributed by atoms with Crippen LogP contribution in [-0.2, 0) is 19.1 Å². The molecule has 3 aliphatic heterocycles. The Morgan fingerprint density at radius 1 is 1.27 bits per heavy atom. The molecule has 9 nitrogen and oxygen atoms in total. The lowest BCUT2D eigenvalue weighted by molar-refractivity contribution is -0.143. The van der Waals surface area contributed by atoms with E-state index in [1.807, 2.05) is 34.6 Å². The van der Waals surface area contributed by atoms with Crippen molar-refractivity contribution in [1.82, 2.24) is 15.4 Å². The van der Waals surface area contributed by atoms with Crippen molar-refractivity contribution in [2.45, 2.75) is 70.9 Å². The van der Waals surface area contributed by atoms with E-state index in [1.54, 1.807) is 30.0 Å². The molecule has 3 aliphatic rings. The molecule has 0 aromatic carbocycles. The van der Waals surface area contributed by atoms with Crippen molar-refractivity contribution in [3.05, 3.63) is 24.0 Å². The predicted octanol–water partition coefficient (Wildman–Crippen LogP) is 1.40. The fraction of sp³-hybridized carbons (Fsp3) is 0.619. The number of nitrogens with zero attached hydrogens (tertiary/aromatic N) is 2. The largest absolute Gasteiger partial charge is 0.360 e. The number of fused-ring (bicyclic) bond motifs is 1. The standard InChI is InChI=1S/C21H28N4O5/c1-10(2)25-16(18(27)23-20(4,5)6)21-8-7-12(29-21)14(15(21)19(25)28)17(26)22-13-9-11(3)30-24-13/h7-10,12,14-16H,1-6H3,(H,23,27)(H,22,24,26)/t12-,14-,15+,16-,21-/m1/s1. The number of aryl methyl sites for hydroxylation is 1. The van der Waals surface area contributed by atoms with Gasteiger partial charge in [0.1, 0.15) is 17.4 Å². The van der Waals surface area contributed by atoms with Crippen molar-refractivity contribution in [1.29, 1.82) is 0 Å². The van der Waals surface area contributed by atoms with Gasteiger partial charge in [0.2, 0.25) is 17.7 Å². The molecule has 2 saturated heterocycles. The molecule has 0 unspecified atom stereocenters. The molecular formula is C21H28N4O5. The highest BCUT2D eigenvalue weighted by atomic mass is 16.5. The van der Waals surface area contributed by atoms with Gasteiger partial charge < -0.3 is 24.8 Å². The number of anilines is 1. The monoisotopic (exact) mass is 416 g/mol. The number of ether oxygens (including phenoxy) is 1. The van der Waals surface area contributed by atoms with Gasteiger partial charge in [0.15, 0.2) is 5.82 Å². The number of nitrogens with one attached hydrogen (secondary N) is 2. The Kier molecular flexibility index (Phi) is 4.57. The van der Waals surface area contributed by atoms with Crippen LogP contribution in [0.1, 0.15) is 40.4 Å². The fourth-order valence-electron chi connectivity index (χ4n) is 4.83. The minimum atomic E-state index is -1.16. The Hall–Kier alpha value is -2.68. The van der Waals surface area contributed by atoms with E-state index in [4.69, 9.17) is 9.26 Å². The van der Waals surface area contributed by atoms with Gasteiger partial charge in [0.05, 0.1) is 17.9 Å². The molecule has 0 saturated carbocycles. The number of rotatable bonds is 4. The van der Waals surface area contributed by atoms with Crippen LogP contribution < -0.4 is 10.6 Å². The first kappa shape index (κ1) is 20.6. The van der Waals surface area contributed by atoms with Crippen molar-refractivity contribution in [2.24, 2.45) is 11.8 Å². The predicted molar refractivity (Wildman–Crippen MR) is 107 cm³/mol. The van der Waals surface area contributed by atoms with Crippen molar-refractivity contribution in [2.75, 3.05) is 5.32 Å². The molecule has 0 radical (unpaired) electrons. The first-order valence-electron chi connectivity index (χ1n) is 10.2. The van der Waals surface area contributed by atoms with Gasteiger partial charge in [-0.25, -0.2) is 0 Å². The van der Waals surface area contributed by atoms with Gasteiger partial charge in [-0.1, -0.05) is 17.3 Å². The normalized spacial score (nSPS) is 32.1. The molecule has 2 bridgehead atoms. The van der Waals surface area contributed by atoms with E-state index in [9.17, 15) is 14.4 Å². The molecule has 5 atom stereocenters. The maximum atomic E-state index is 13.5. The third kappa shape index (κ3) is 3.03. The summed E-state index contributed by atoms with van der Waals surface area (Å²) in [6.45, 7) is 11.1. The van der Waals surface area contributed by atoms with Gasteiger partial charge >= 0.3 is 0 Å². The van der Waals surface area contributed by atoms with Gasteiger partial charge in [-0.05, 0) is 41.5 Å². The molecular weight excluding hydrogens is 388 g/mol. The molecule has 2 fully saturated rings. The zero-order valence-corrected chi connectivity index (χ0v) is 18.1. The fourth-order valence-corrected chi connectivity index (χ4v) is 4.83. The number of hydrogen-bond donors (Lipinski definition) is 2. The summed E-state index contributed by atoms with van der Waals surface area (Å²) in [6.07, 6.45) is 2.99. The van der Waals surface area contributed by atoms with E-state index in [-0.39, 0.29) is 29.6 Å². The second-order valence-corrected chi connectivity index (χ2v) is 9.59. The van der Waals surface area contributed by atoms with Crippen LogP contribution in [0.2, 0.25) is 0 Å². The van der Waals surface area contributed by atoms with Crippen molar-refractivity contribution < 1.29 is 23.6 Å². The van der Waals surface area contributed by atoms with E-state index < -0.39 is 35.1 Å². The molecule has 4 rings (SSSR count). The van der Waals surface area contributed by atoms with Gasteiger partial charge in [-0.2, -0.15) is 0 Å². The van der Waals surface area contributed by atoms with Crippen molar-refractivity contribution in [3.8, 4) is 0 Å². The maximum Gasteiger partial charge on any atom is 0.246 e. The number of hydrogen-bond acceptors (Lipinski definition) is 6. The first-order valence-corrected chi connectivity index (χ1v) is 10.2. The van der Waals surface area contributed by atoms with Gasteiger partial charge in [-0.15, -0.1) is 0 Å². The summed E-state index contributed by atoms with van der Waals surface area (Å²) >= 11 is 0. The number of carbonyl (C=O) groups excluding carboxylic acids is 3. The van der Waals surface area contributed by atoms with Gasteiger partial charge in [0, 0.05) is 17.6 Å². The number of carbonyl (C=O) groups is 3. The Morgan fingerprint density at radius 2 is 1.97 bits per heavy atom. The lowest BCUT2D eigenvalue weighted by Crippen LogP contribution is -2.59. The summed E-state index contributed by atoms with van der Waals surface area (Å²) in [4.78, 5) is 41.4. The van der Waals surface area contributed by atoms with Crippen LogP contribution in [0.15, 0.2) is 22.7 Å². The zero-order chi connectivity index (χ0) is 22.0. The molecule has 1 aromatic rings. The van der Waals surface area contributed by atoms with Gasteiger partial charge in [0.25, 0.3) is 0 Å². The number of amides is 3. The molecule has 4 heterocycles. The zero-order valence-electron chi connectivity index (χ0n) is 18.1. The smallest absolute Gasteiger partial charge is 0.246 e. The molecule has 0 aliphatic carbocycles. The van der Waals surface area contributed by atoms with Crippen LogP contribution >= 0.6 is 0 Å². The summed E-state index contributed by atoms with van der Waals surface area (Å²) in [5, 5.41) is 9.48. The molecule has 30 heavy (non-hydrogen) atoms. The molecule has 1 aromatic heterocycles. The van der Waals surface area contributed by atoms with Crippen LogP contribution in [0.3, 0.4) is 0 Å².